The first kappa shape index (κ1) is 11.4. The molecule has 1 aromatic rings. The Morgan fingerprint density at radius 1 is 1.20 bits per heavy atom. The van der Waals surface area contributed by atoms with Gasteiger partial charge in [0.2, 0.25) is 0 Å². The van der Waals surface area contributed by atoms with Crippen LogP contribution >= 0.6 is 0 Å². The zero-order valence-corrected chi connectivity index (χ0v) is 7.68. The predicted octanol–water partition coefficient (Wildman–Crippen LogP) is 1.43. The van der Waals surface area contributed by atoms with Gasteiger partial charge in [0.15, 0.2) is 0 Å². The highest BCUT2D eigenvalue weighted by Crippen LogP contribution is 2.29. The summed E-state index contributed by atoms with van der Waals surface area (Å²) in [6.45, 7) is 0. The molecule has 0 saturated carbocycles. The lowest BCUT2D eigenvalue weighted by molar-refractivity contribution is -0.137. The Morgan fingerprint density at radius 2 is 1.73 bits per heavy atom. The van der Waals surface area contributed by atoms with E-state index in [-0.39, 0.29) is 0 Å². The van der Waals surface area contributed by atoms with Crippen molar-refractivity contribution >= 4 is 5.70 Å². The molecular formula is C9H10F3N3. The van der Waals surface area contributed by atoms with Crippen LogP contribution in [0.25, 0.3) is 5.70 Å². The van der Waals surface area contributed by atoms with Crippen LogP contribution < -0.4 is 17.0 Å². The Balaban J connectivity index is 3.00. The Labute approximate surface area is 84.5 Å². The zero-order valence-electron chi connectivity index (χ0n) is 7.68. The lowest BCUT2D eigenvalue weighted by Crippen LogP contribution is -2.21. The average Bonchev–Trinajstić information content (AvgIpc) is 2.19. The lowest BCUT2D eigenvalue weighted by atomic mass is 10.1. The van der Waals surface area contributed by atoms with Gasteiger partial charge in [0, 0.05) is 11.8 Å². The first-order valence-electron chi connectivity index (χ1n) is 4.05. The lowest BCUT2D eigenvalue weighted by Gasteiger charge is -2.09. The molecule has 0 heterocycles. The maximum absolute atomic E-state index is 12.2. The van der Waals surface area contributed by atoms with E-state index in [1.54, 1.807) is 0 Å². The summed E-state index contributed by atoms with van der Waals surface area (Å²) in [6, 6.07) is 4.52. The molecule has 6 heteroatoms. The van der Waals surface area contributed by atoms with Crippen molar-refractivity contribution in [3.8, 4) is 0 Å². The molecular weight excluding hydrogens is 207 g/mol. The Hall–Kier alpha value is -1.69. The molecule has 1 rings (SSSR count). The van der Waals surface area contributed by atoms with Crippen LogP contribution in [0.3, 0.4) is 0 Å². The minimum absolute atomic E-state index is 0.365. The normalized spacial score (nSPS) is 12.7. The largest absolute Gasteiger partial charge is 0.416 e. The second kappa shape index (κ2) is 4.22. The Bertz CT molecular complexity index is 354. The molecule has 5 N–H and O–H groups in total. The molecule has 0 saturated heterocycles. The third-order valence-corrected chi connectivity index (χ3v) is 1.85. The standard InChI is InChI=1S/C9H10F3N3/c10-9(11,12)7-3-1-6(2-4-7)8(5-13)15-14/h1-5,15H,13-14H2/b8-5-. The van der Waals surface area contributed by atoms with Gasteiger partial charge in [-0.15, -0.1) is 0 Å². The Kier molecular flexibility index (Phi) is 3.21. The van der Waals surface area contributed by atoms with E-state index in [1.165, 1.54) is 18.3 Å². The van der Waals surface area contributed by atoms with Gasteiger partial charge in [0.25, 0.3) is 0 Å². The molecule has 15 heavy (non-hydrogen) atoms. The van der Waals surface area contributed by atoms with E-state index >= 15 is 0 Å². The fraction of sp³-hybridized carbons (Fsp3) is 0.111. The summed E-state index contributed by atoms with van der Waals surface area (Å²) in [5, 5.41) is 0. The summed E-state index contributed by atoms with van der Waals surface area (Å²) >= 11 is 0. The average molecular weight is 217 g/mol. The molecule has 0 aliphatic carbocycles. The van der Waals surface area contributed by atoms with Gasteiger partial charge in [-0.05, 0) is 12.1 Å². The highest BCUT2D eigenvalue weighted by atomic mass is 19.4. The fourth-order valence-electron chi connectivity index (χ4n) is 1.07. The van der Waals surface area contributed by atoms with Crippen LogP contribution in [0, 0.1) is 0 Å². The molecule has 0 aliphatic heterocycles. The maximum Gasteiger partial charge on any atom is 0.416 e. The first-order valence-corrected chi connectivity index (χ1v) is 4.05. The van der Waals surface area contributed by atoms with Crippen LogP contribution in [0.15, 0.2) is 30.5 Å². The molecule has 0 unspecified atom stereocenters. The van der Waals surface area contributed by atoms with Crippen molar-refractivity contribution in [2.45, 2.75) is 6.18 Å². The highest BCUT2D eigenvalue weighted by Gasteiger charge is 2.29. The molecule has 0 fully saturated rings. The van der Waals surface area contributed by atoms with Crippen LogP contribution in [0.1, 0.15) is 11.1 Å². The highest BCUT2D eigenvalue weighted by molar-refractivity contribution is 5.63. The van der Waals surface area contributed by atoms with Crippen molar-refractivity contribution in [1.82, 2.24) is 5.43 Å². The quantitative estimate of drug-likeness (QED) is 0.518. The van der Waals surface area contributed by atoms with Gasteiger partial charge in [-0.3, -0.25) is 5.84 Å². The fourth-order valence-corrected chi connectivity index (χ4v) is 1.07. The summed E-state index contributed by atoms with van der Waals surface area (Å²) in [6.07, 6.45) is -3.15. The summed E-state index contributed by atoms with van der Waals surface area (Å²) in [7, 11) is 0. The van der Waals surface area contributed by atoms with E-state index in [0.29, 0.717) is 11.3 Å². The first-order chi connectivity index (χ1) is 6.99. The number of alkyl halides is 3. The maximum atomic E-state index is 12.2. The van der Waals surface area contributed by atoms with Crippen LogP contribution in [0.5, 0.6) is 0 Å². The van der Waals surface area contributed by atoms with E-state index in [0.717, 1.165) is 12.1 Å². The van der Waals surface area contributed by atoms with Gasteiger partial charge in [0.05, 0.1) is 11.3 Å². The van der Waals surface area contributed by atoms with Gasteiger partial charge < -0.3 is 11.2 Å². The van der Waals surface area contributed by atoms with Gasteiger partial charge >= 0.3 is 6.18 Å². The molecule has 0 amide bonds. The van der Waals surface area contributed by atoms with Gasteiger partial charge in [-0.25, -0.2) is 0 Å². The number of hydrazine groups is 1. The SMILES string of the molecule is N/C=C(\NN)c1ccc(C(F)(F)F)cc1. The predicted molar refractivity (Wildman–Crippen MR) is 50.9 cm³/mol. The second-order valence-corrected chi connectivity index (χ2v) is 2.80. The molecule has 0 aliphatic rings. The number of nitrogens with two attached hydrogens (primary N) is 2. The molecule has 82 valence electrons. The zero-order chi connectivity index (χ0) is 11.5. The molecule has 0 spiro atoms. The van der Waals surface area contributed by atoms with Crippen LogP contribution in [-0.4, -0.2) is 0 Å². The molecule has 0 atom stereocenters. The minimum atomic E-state index is -4.33. The smallest absolute Gasteiger partial charge is 0.403 e. The van der Waals surface area contributed by atoms with E-state index in [9.17, 15) is 13.2 Å². The molecule has 3 nitrogen and oxygen atoms in total. The minimum Gasteiger partial charge on any atom is -0.403 e. The van der Waals surface area contributed by atoms with Crippen molar-refractivity contribution in [3.63, 3.8) is 0 Å². The van der Waals surface area contributed by atoms with Crippen LogP contribution in [0.2, 0.25) is 0 Å². The second-order valence-electron chi connectivity index (χ2n) is 2.80. The number of hydrogen-bond donors (Lipinski definition) is 3. The number of benzene rings is 1. The van der Waals surface area contributed by atoms with E-state index < -0.39 is 11.7 Å². The summed E-state index contributed by atoms with van der Waals surface area (Å²) in [5.74, 6) is 5.12. The van der Waals surface area contributed by atoms with Crippen molar-refractivity contribution in [1.29, 1.82) is 0 Å². The van der Waals surface area contributed by atoms with Crippen molar-refractivity contribution in [2.24, 2.45) is 11.6 Å². The van der Waals surface area contributed by atoms with Gasteiger partial charge in [-0.1, -0.05) is 12.1 Å². The number of hydrogen-bond acceptors (Lipinski definition) is 3. The summed E-state index contributed by atoms with van der Waals surface area (Å²) < 4.78 is 36.6. The van der Waals surface area contributed by atoms with E-state index in [4.69, 9.17) is 11.6 Å². The van der Waals surface area contributed by atoms with E-state index in [2.05, 4.69) is 5.43 Å². The van der Waals surface area contributed by atoms with Crippen molar-refractivity contribution in [3.05, 3.63) is 41.6 Å². The van der Waals surface area contributed by atoms with Crippen molar-refractivity contribution < 1.29 is 13.2 Å². The van der Waals surface area contributed by atoms with Gasteiger partial charge in [-0.2, -0.15) is 13.2 Å². The van der Waals surface area contributed by atoms with Crippen LogP contribution in [-0.2, 0) is 6.18 Å². The van der Waals surface area contributed by atoms with E-state index in [1.807, 2.05) is 0 Å². The molecule has 0 radical (unpaired) electrons. The van der Waals surface area contributed by atoms with Crippen molar-refractivity contribution in [2.75, 3.05) is 0 Å². The third-order valence-electron chi connectivity index (χ3n) is 1.85. The third kappa shape index (κ3) is 2.63. The molecule has 0 aromatic heterocycles. The summed E-state index contributed by atoms with van der Waals surface area (Å²) in [4.78, 5) is 0. The van der Waals surface area contributed by atoms with Gasteiger partial charge in [0.1, 0.15) is 0 Å². The van der Waals surface area contributed by atoms with Crippen LogP contribution in [0.4, 0.5) is 13.2 Å². The molecule has 1 aromatic carbocycles. The number of rotatable bonds is 2. The topological polar surface area (TPSA) is 64.1 Å². The Morgan fingerprint density at radius 3 is 2.07 bits per heavy atom. The number of nitrogens with one attached hydrogen (secondary N) is 1. The molecule has 0 bridgehead atoms. The summed E-state index contributed by atoms with van der Waals surface area (Å²) in [5.41, 5.74) is 7.64. The number of halogens is 3. The monoisotopic (exact) mass is 217 g/mol.